The number of nitrogens with one attached hydrogen (secondary N) is 1. The van der Waals surface area contributed by atoms with Gasteiger partial charge in [0.25, 0.3) is 0 Å². The van der Waals surface area contributed by atoms with Gasteiger partial charge in [-0.1, -0.05) is 12.1 Å². The highest BCUT2D eigenvalue weighted by Gasteiger charge is 2.14. The number of fused-ring (bicyclic) bond motifs is 1. The first-order valence-electron chi connectivity index (χ1n) is 9.34. The lowest BCUT2D eigenvalue weighted by atomic mass is 10.2. The van der Waals surface area contributed by atoms with E-state index in [2.05, 4.69) is 10.3 Å². The quantitative estimate of drug-likeness (QED) is 0.430. The Bertz CT molecular complexity index is 1270. The molecule has 1 heterocycles. The maximum absolute atomic E-state index is 11.6. The number of rotatable bonds is 7. The molecule has 0 aliphatic rings. The molecule has 0 bridgehead atoms. The van der Waals surface area contributed by atoms with Crippen molar-refractivity contribution in [2.75, 3.05) is 12.4 Å². The van der Waals surface area contributed by atoms with Gasteiger partial charge in [-0.25, -0.2) is 4.98 Å². The first-order chi connectivity index (χ1) is 14.9. The summed E-state index contributed by atoms with van der Waals surface area (Å²) in [5.74, 6) is 0.779. The monoisotopic (exact) mass is 435 g/mol. The van der Waals surface area contributed by atoms with Crippen LogP contribution in [0, 0.1) is 0 Å². The van der Waals surface area contributed by atoms with Crippen LogP contribution in [-0.2, 0) is 17.6 Å². The van der Waals surface area contributed by atoms with E-state index >= 15 is 0 Å². The fourth-order valence-corrected chi connectivity index (χ4v) is 3.59. The molecule has 31 heavy (non-hydrogen) atoms. The van der Waals surface area contributed by atoms with Gasteiger partial charge in [0.1, 0.15) is 5.75 Å². The average molecular weight is 435 g/mol. The molecule has 4 rings (SSSR count). The lowest BCUT2D eigenvalue weighted by molar-refractivity contribution is 0.100. The molecule has 1 aromatic heterocycles. The number of amides is 1. The Balaban J connectivity index is 1.74. The Kier molecular flexibility index (Phi) is 5.70. The maximum Gasteiger partial charge on any atom is 0.248 e. The van der Waals surface area contributed by atoms with Crippen molar-refractivity contribution in [3.63, 3.8) is 0 Å². The van der Waals surface area contributed by atoms with Crippen LogP contribution in [0.4, 0.5) is 11.6 Å². The topological polar surface area (TPSA) is 122 Å². The molecule has 9 heteroatoms. The molecule has 0 aliphatic heterocycles. The molecule has 0 fully saturated rings. The van der Waals surface area contributed by atoms with E-state index in [1.54, 1.807) is 49.6 Å². The molecule has 1 atom stereocenters. The summed E-state index contributed by atoms with van der Waals surface area (Å²) in [6, 6.07) is 19.1. The number of hydrogen-bond acceptors (Lipinski definition) is 6. The van der Waals surface area contributed by atoms with E-state index in [0.717, 1.165) is 22.5 Å². The van der Waals surface area contributed by atoms with Gasteiger partial charge >= 0.3 is 0 Å². The van der Waals surface area contributed by atoms with Crippen LogP contribution in [0.25, 0.3) is 11.0 Å². The summed E-state index contributed by atoms with van der Waals surface area (Å²) in [6.45, 7) is 0.441. The van der Waals surface area contributed by atoms with E-state index < -0.39 is 17.0 Å². The lowest BCUT2D eigenvalue weighted by Gasteiger charge is -2.12. The Morgan fingerprint density at radius 3 is 2.45 bits per heavy atom. The number of nitrogens with zero attached hydrogens (tertiary/aromatic N) is 2. The minimum Gasteiger partial charge on any atom is -0.768 e. The van der Waals surface area contributed by atoms with Crippen LogP contribution in [0.5, 0.6) is 5.75 Å². The maximum atomic E-state index is 11.6. The van der Waals surface area contributed by atoms with Crippen molar-refractivity contribution in [2.45, 2.75) is 11.4 Å². The third-order valence-electron chi connectivity index (χ3n) is 4.84. The number of anilines is 2. The smallest absolute Gasteiger partial charge is 0.248 e. The number of hydrogen-bond donors (Lipinski definition) is 2. The van der Waals surface area contributed by atoms with Gasteiger partial charge in [-0.15, -0.1) is 0 Å². The summed E-state index contributed by atoms with van der Waals surface area (Å²) in [5.41, 5.74) is 8.90. The molecule has 1 amide bonds. The number of aromatic nitrogens is 2. The molecule has 0 saturated carbocycles. The average Bonchev–Trinajstić information content (AvgIpc) is 3.10. The predicted octanol–water partition coefficient (Wildman–Crippen LogP) is 3.17. The van der Waals surface area contributed by atoms with Crippen LogP contribution in [0.15, 0.2) is 71.6 Å². The number of benzene rings is 3. The second-order valence-electron chi connectivity index (χ2n) is 6.82. The van der Waals surface area contributed by atoms with E-state index in [9.17, 15) is 13.6 Å². The number of methoxy groups -OCH3 is 1. The molecule has 3 aromatic carbocycles. The molecule has 0 spiro atoms. The molecule has 1 unspecified atom stereocenters. The normalized spacial score (nSPS) is 11.9. The van der Waals surface area contributed by atoms with Gasteiger partial charge in [-0.2, -0.15) is 0 Å². The van der Waals surface area contributed by atoms with E-state index in [0.29, 0.717) is 23.6 Å². The Morgan fingerprint density at radius 2 is 1.84 bits per heavy atom. The van der Waals surface area contributed by atoms with Crippen molar-refractivity contribution in [1.29, 1.82) is 0 Å². The third kappa shape index (κ3) is 4.42. The predicted molar refractivity (Wildman–Crippen MR) is 117 cm³/mol. The number of ether oxygens (including phenoxy) is 1. The molecule has 3 N–H and O–H groups in total. The summed E-state index contributed by atoms with van der Waals surface area (Å²) < 4.78 is 29.4. The van der Waals surface area contributed by atoms with Gasteiger partial charge in [0.05, 0.1) is 24.7 Å². The zero-order chi connectivity index (χ0) is 22.0. The molecular formula is C22H19N4O4S-. The number of primary amides is 1. The van der Waals surface area contributed by atoms with Crippen molar-refractivity contribution >= 4 is 39.7 Å². The fraction of sp³-hybridized carbons (Fsp3) is 0.0909. The SMILES string of the molecule is COc1ccc(Nc2nc3cc(C(N)=O)ccc3n2Cc2ccc(S(=O)[O-])cc2)cc1. The molecule has 8 nitrogen and oxygen atoms in total. The number of imidazole rings is 1. The Morgan fingerprint density at radius 1 is 1.13 bits per heavy atom. The van der Waals surface area contributed by atoms with Crippen molar-refractivity contribution < 1.29 is 18.3 Å². The first-order valence-corrected chi connectivity index (χ1v) is 10.4. The minimum atomic E-state index is -2.27. The standard InChI is InChI=1S/C22H20N4O4S/c1-30-17-7-5-16(6-8-17)24-22-25-19-12-15(21(23)27)4-11-20(19)26(22)13-14-2-9-18(10-3-14)31(28)29/h2-12H,13H2,1H3,(H2,23,27)(H,24,25)(H,28,29)/p-1. The highest BCUT2D eigenvalue weighted by atomic mass is 32.2. The second-order valence-corrected chi connectivity index (χ2v) is 7.76. The van der Waals surface area contributed by atoms with Crippen LogP contribution < -0.4 is 15.8 Å². The number of nitrogens with two attached hydrogens (primary N) is 1. The summed E-state index contributed by atoms with van der Waals surface area (Å²) in [6.07, 6.45) is 0. The molecular weight excluding hydrogens is 416 g/mol. The second kappa shape index (κ2) is 8.58. The summed E-state index contributed by atoms with van der Waals surface area (Å²) >= 11 is -2.27. The minimum absolute atomic E-state index is 0.224. The van der Waals surface area contributed by atoms with Crippen LogP contribution in [0.2, 0.25) is 0 Å². The highest BCUT2D eigenvalue weighted by molar-refractivity contribution is 7.79. The van der Waals surface area contributed by atoms with Gasteiger partial charge in [0.15, 0.2) is 0 Å². The third-order valence-corrected chi connectivity index (χ3v) is 5.49. The molecule has 0 aliphatic carbocycles. The summed E-state index contributed by atoms with van der Waals surface area (Å²) in [7, 11) is 1.60. The van der Waals surface area contributed by atoms with Crippen molar-refractivity contribution in [3.05, 3.63) is 77.9 Å². The molecule has 0 radical (unpaired) electrons. The fourth-order valence-electron chi connectivity index (χ4n) is 3.23. The molecule has 158 valence electrons. The zero-order valence-electron chi connectivity index (χ0n) is 16.6. The van der Waals surface area contributed by atoms with Gasteiger partial charge in [0, 0.05) is 16.1 Å². The van der Waals surface area contributed by atoms with Crippen molar-refractivity contribution in [2.24, 2.45) is 5.73 Å². The number of carbonyl (C=O) groups excluding carboxylic acids is 1. The van der Waals surface area contributed by atoms with E-state index in [1.807, 2.05) is 28.8 Å². The van der Waals surface area contributed by atoms with Crippen LogP contribution >= 0.6 is 0 Å². The Labute approximate surface area is 181 Å². The molecule has 4 aromatic rings. The summed E-state index contributed by atoms with van der Waals surface area (Å²) in [5, 5.41) is 3.29. The van der Waals surface area contributed by atoms with E-state index in [1.165, 1.54) is 0 Å². The van der Waals surface area contributed by atoms with Crippen molar-refractivity contribution in [1.82, 2.24) is 9.55 Å². The lowest BCUT2D eigenvalue weighted by Crippen LogP contribution is -2.10. The van der Waals surface area contributed by atoms with E-state index in [4.69, 9.17) is 10.5 Å². The largest absolute Gasteiger partial charge is 0.768 e. The zero-order valence-corrected chi connectivity index (χ0v) is 17.4. The van der Waals surface area contributed by atoms with Crippen LogP contribution in [-0.4, -0.2) is 31.3 Å². The number of carbonyl (C=O) groups is 1. The highest BCUT2D eigenvalue weighted by Crippen LogP contribution is 2.26. The van der Waals surface area contributed by atoms with Crippen LogP contribution in [0.1, 0.15) is 15.9 Å². The van der Waals surface area contributed by atoms with Crippen LogP contribution in [0.3, 0.4) is 0 Å². The van der Waals surface area contributed by atoms with Gasteiger partial charge < -0.3 is 24.9 Å². The Hall–Kier alpha value is -3.69. The van der Waals surface area contributed by atoms with Gasteiger partial charge in [-0.3, -0.25) is 9.00 Å². The summed E-state index contributed by atoms with van der Waals surface area (Å²) in [4.78, 5) is 16.4. The van der Waals surface area contributed by atoms with E-state index in [-0.39, 0.29) is 4.90 Å². The van der Waals surface area contributed by atoms with Gasteiger partial charge in [0.2, 0.25) is 11.9 Å². The van der Waals surface area contributed by atoms with Crippen molar-refractivity contribution in [3.8, 4) is 5.75 Å². The van der Waals surface area contributed by atoms with Gasteiger partial charge in [-0.05, 0) is 71.2 Å². The molecule has 0 saturated heterocycles. The first kappa shape index (κ1) is 20.6.